The second-order valence-electron chi connectivity index (χ2n) is 5.26. The van der Waals surface area contributed by atoms with E-state index in [0.29, 0.717) is 0 Å². The predicted molar refractivity (Wildman–Crippen MR) is 76.6 cm³/mol. The van der Waals surface area contributed by atoms with E-state index in [1.165, 1.54) is 5.56 Å². The molecule has 0 aliphatic heterocycles. The molecule has 1 aromatic rings. The van der Waals surface area contributed by atoms with Crippen LogP contribution in [-0.4, -0.2) is 11.9 Å². The number of methoxy groups -OCH3 is 1. The van der Waals surface area contributed by atoms with E-state index in [9.17, 15) is 0 Å². The normalized spacial score (nSPS) is 13.5. The molecule has 0 aliphatic rings. The van der Waals surface area contributed by atoms with Gasteiger partial charge in [0.15, 0.2) is 0 Å². The minimum absolute atomic E-state index is 0.0688. The molecule has 17 heavy (non-hydrogen) atoms. The van der Waals surface area contributed by atoms with Gasteiger partial charge in [-0.25, -0.2) is 0 Å². The van der Waals surface area contributed by atoms with Gasteiger partial charge in [0.05, 0.1) is 7.11 Å². The molecule has 0 heterocycles. The van der Waals surface area contributed by atoms with Crippen LogP contribution in [0.25, 0.3) is 0 Å². The Morgan fingerprint density at radius 3 is 2.47 bits per heavy atom. The minimum Gasteiger partial charge on any atom is -0.496 e. The third kappa shape index (κ3) is 4.60. The van der Waals surface area contributed by atoms with Gasteiger partial charge < -0.3 is 10.5 Å². The van der Waals surface area contributed by atoms with Gasteiger partial charge in [-0.05, 0) is 24.6 Å². The van der Waals surface area contributed by atoms with Crippen LogP contribution in [0.4, 0.5) is 0 Å². The van der Waals surface area contributed by atoms with Crippen LogP contribution >= 0.6 is 11.8 Å². The van der Waals surface area contributed by atoms with Gasteiger partial charge in [-0.15, -0.1) is 0 Å². The van der Waals surface area contributed by atoms with Crippen molar-refractivity contribution < 1.29 is 4.74 Å². The Bertz CT molecular complexity index is 369. The Kier molecular flexibility index (Phi) is 4.90. The van der Waals surface area contributed by atoms with E-state index in [0.717, 1.165) is 17.1 Å². The summed E-state index contributed by atoms with van der Waals surface area (Å²) < 4.78 is 5.65. The number of benzene rings is 1. The van der Waals surface area contributed by atoms with E-state index < -0.39 is 0 Å². The van der Waals surface area contributed by atoms with Gasteiger partial charge >= 0.3 is 0 Å². The lowest BCUT2D eigenvalue weighted by Gasteiger charge is -2.19. The van der Waals surface area contributed by atoms with Gasteiger partial charge in [-0.3, -0.25) is 0 Å². The molecule has 0 aliphatic carbocycles. The first-order valence-corrected chi connectivity index (χ1v) is 6.88. The van der Waals surface area contributed by atoms with E-state index in [1.807, 2.05) is 30.8 Å². The van der Waals surface area contributed by atoms with Crippen LogP contribution in [0, 0.1) is 0 Å². The van der Waals surface area contributed by atoms with E-state index >= 15 is 0 Å². The first kappa shape index (κ1) is 14.4. The lowest BCUT2D eigenvalue weighted by atomic mass is 10.1. The van der Waals surface area contributed by atoms with Crippen LogP contribution in [-0.2, 0) is 5.75 Å². The standard InChI is InChI=1S/C14H23NOS/c1-10(15)11-6-7-13(16-5)12(8-11)9-17-14(2,3)4/h6-8,10H,9,15H2,1-5H3. The lowest BCUT2D eigenvalue weighted by Crippen LogP contribution is -2.09. The van der Waals surface area contributed by atoms with Crippen LogP contribution in [0.2, 0.25) is 0 Å². The van der Waals surface area contributed by atoms with Gasteiger partial charge in [0.2, 0.25) is 0 Å². The van der Waals surface area contributed by atoms with Crippen LogP contribution in [0.3, 0.4) is 0 Å². The molecule has 1 atom stereocenters. The molecule has 3 heteroatoms. The summed E-state index contributed by atoms with van der Waals surface area (Å²) in [6.07, 6.45) is 0. The van der Waals surface area contributed by atoms with E-state index in [2.05, 4.69) is 26.8 Å². The molecule has 0 spiro atoms. The zero-order valence-corrected chi connectivity index (χ0v) is 12.2. The Hall–Kier alpha value is -0.670. The second kappa shape index (κ2) is 5.78. The van der Waals surface area contributed by atoms with Gasteiger partial charge in [0.25, 0.3) is 0 Å². The summed E-state index contributed by atoms with van der Waals surface area (Å²) in [4.78, 5) is 0. The molecule has 1 rings (SSSR count). The van der Waals surface area contributed by atoms with Gasteiger partial charge in [-0.1, -0.05) is 26.8 Å². The van der Waals surface area contributed by atoms with Crippen molar-refractivity contribution in [2.75, 3.05) is 7.11 Å². The number of nitrogens with two attached hydrogens (primary N) is 1. The van der Waals surface area contributed by atoms with Crippen LogP contribution in [0.1, 0.15) is 44.9 Å². The zero-order valence-electron chi connectivity index (χ0n) is 11.4. The summed E-state index contributed by atoms with van der Waals surface area (Å²) in [6.45, 7) is 8.67. The Morgan fingerprint density at radius 1 is 1.35 bits per heavy atom. The van der Waals surface area contributed by atoms with Crippen molar-refractivity contribution >= 4 is 11.8 Å². The number of hydrogen-bond donors (Lipinski definition) is 1. The summed E-state index contributed by atoms with van der Waals surface area (Å²) in [5.74, 6) is 1.90. The highest BCUT2D eigenvalue weighted by molar-refractivity contribution is 7.99. The van der Waals surface area contributed by atoms with Crippen molar-refractivity contribution in [3.05, 3.63) is 29.3 Å². The molecule has 0 saturated heterocycles. The van der Waals surface area contributed by atoms with Crippen molar-refractivity contribution in [1.29, 1.82) is 0 Å². The van der Waals surface area contributed by atoms with Gasteiger partial charge in [-0.2, -0.15) is 11.8 Å². The van der Waals surface area contributed by atoms with Crippen LogP contribution < -0.4 is 10.5 Å². The number of thioether (sulfide) groups is 1. The molecule has 0 bridgehead atoms. The summed E-state index contributed by atoms with van der Waals surface area (Å²) >= 11 is 1.92. The van der Waals surface area contributed by atoms with Crippen molar-refractivity contribution in [2.45, 2.75) is 44.2 Å². The van der Waals surface area contributed by atoms with Crippen molar-refractivity contribution in [2.24, 2.45) is 5.73 Å². The van der Waals surface area contributed by atoms with Crippen LogP contribution in [0.5, 0.6) is 5.75 Å². The smallest absolute Gasteiger partial charge is 0.122 e. The number of hydrogen-bond acceptors (Lipinski definition) is 3. The van der Waals surface area contributed by atoms with E-state index in [1.54, 1.807) is 7.11 Å². The Morgan fingerprint density at radius 2 is 2.00 bits per heavy atom. The quantitative estimate of drug-likeness (QED) is 0.887. The highest BCUT2D eigenvalue weighted by atomic mass is 32.2. The molecule has 1 aromatic carbocycles. The molecule has 2 N–H and O–H groups in total. The Balaban J connectivity index is 2.90. The minimum atomic E-state index is 0.0688. The highest BCUT2D eigenvalue weighted by Gasteiger charge is 2.13. The molecule has 96 valence electrons. The maximum atomic E-state index is 5.91. The van der Waals surface area contributed by atoms with Crippen molar-refractivity contribution in [3.63, 3.8) is 0 Å². The van der Waals surface area contributed by atoms with Gasteiger partial charge in [0.1, 0.15) is 5.75 Å². The van der Waals surface area contributed by atoms with Crippen molar-refractivity contribution in [1.82, 2.24) is 0 Å². The topological polar surface area (TPSA) is 35.2 Å². The zero-order chi connectivity index (χ0) is 13.1. The molecule has 0 aromatic heterocycles. The molecular weight excluding hydrogens is 230 g/mol. The number of rotatable bonds is 4. The van der Waals surface area contributed by atoms with E-state index in [4.69, 9.17) is 10.5 Å². The lowest BCUT2D eigenvalue weighted by molar-refractivity contribution is 0.411. The molecule has 2 nitrogen and oxygen atoms in total. The number of ether oxygens (including phenoxy) is 1. The fourth-order valence-electron chi connectivity index (χ4n) is 1.49. The van der Waals surface area contributed by atoms with Gasteiger partial charge in [0, 0.05) is 22.1 Å². The third-order valence-corrected chi connectivity index (χ3v) is 3.81. The molecular formula is C14H23NOS. The van der Waals surface area contributed by atoms with E-state index in [-0.39, 0.29) is 10.8 Å². The molecule has 0 fully saturated rings. The monoisotopic (exact) mass is 253 g/mol. The third-order valence-electron chi connectivity index (χ3n) is 2.49. The Labute approximate surface area is 109 Å². The van der Waals surface area contributed by atoms with Crippen LogP contribution in [0.15, 0.2) is 18.2 Å². The molecule has 0 radical (unpaired) electrons. The first-order valence-electron chi connectivity index (χ1n) is 5.90. The average molecular weight is 253 g/mol. The average Bonchev–Trinajstić information content (AvgIpc) is 2.24. The molecule has 0 amide bonds. The predicted octanol–water partition coefficient (Wildman–Crippen LogP) is 3.75. The highest BCUT2D eigenvalue weighted by Crippen LogP contribution is 2.32. The summed E-state index contributed by atoms with van der Waals surface area (Å²) in [5, 5.41) is 0. The summed E-state index contributed by atoms with van der Waals surface area (Å²) in [7, 11) is 1.71. The molecule has 0 saturated carbocycles. The molecule has 1 unspecified atom stereocenters. The summed E-state index contributed by atoms with van der Waals surface area (Å²) in [5.41, 5.74) is 8.30. The second-order valence-corrected chi connectivity index (χ2v) is 7.06. The fourth-order valence-corrected chi connectivity index (χ4v) is 2.30. The SMILES string of the molecule is COc1ccc(C(C)N)cc1CSC(C)(C)C. The fraction of sp³-hybridized carbons (Fsp3) is 0.571. The maximum absolute atomic E-state index is 5.91. The maximum Gasteiger partial charge on any atom is 0.122 e. The summed E-state index contributed by atoms with van der Waals surface area (Å²) in [6, 6.07) is 6.27. The largest absolute Gasteiger partial charge is 0.496 e. The first-order chi connectivity index (χ1) is 7.83. The van der Waals surface area contributed by atoms with Crippen molar-refractivity contribution in [3.8, 4) is 5.75 Å².